The van der Waals surface area contributed by atoms with Crippen molar-refractivity contribution in [2.24, 2.45) is 0 Å². The average molecular weight is 497 g/mol. The number of hydrogen-bond acceptors (Lipinski definition) is 9. The van der Waals surface area contributed by atoms with Crippen LogP contribution in [0.5, 0.6) is 11.5 Å². The van der Waals surface area contributed by atoms with Crippen molar-refractivity contribution in [3.63, 3.8) is 0 Å². The minimum Gasteiger partial charge on any atom is -0.488 e. The minimum atomic E-state index is -0.960. The second kappa shape index (κ2) is 9.48. The molecule has 0 N–H and O–H groups in total. The maximum absolute atomic E-state index is 12.3. The van der Waals surface area contributed by atoms with Crippen LogP contribution in [0.4, 0.5) is 4.79 Å². The van der Waals surface area contributed by atoms with Crippen LogP contribution in [0.3, 0.4) is 0 Å². The molecular formula is C27H28O9. The molecule has 0 spiro atoms. The molecule has 36 heavy (non-hydrogen) atoms. The van der Waals surface area contributed by atoms with Crippen molar-refractivity contribution in [3.8, 4) is 11.5 Å². The number of aryl methyl sites for hydroxylation is 1. The van der Waals surface area contributed by atoms with Crippen molar-refractivity contribution in [2.75, 3.05) is 7.11 Å². The molecule has 0 bridgehead atoms. The Morgan fingerprint density at radius 2 is 1.75 bits per heavy atom. The van der Waals surface area contributed by atoms with Gasteiger partial charge in [-0.2, -0.15) is 0 Å². The summed E-state index contributed by atoms with van der Waals surface area (Å²) in [4.78, 5) is 24.3. The van der Waals surface area contributed by atoms with E-state index in [0.29, 0.717) is 41.1 Å². The van der Waals surface area contributed by atoms with Crippen LogP contribution in [-0.2, 0) is 25.6 Å². The largest absolute Gasteiger partial charge is 0.509 e. The van der Waals surface area contributed by atoms with Gasteiger partial charge >= 0.3 is 11.8 Å². The predicted molar refractivity (Wildman–Crippen MR) is 128 cm³/mol. The lowest BCUT2D eigenvalue weighted by Gasteiger charge is -2.46. The van der Waals surface area contributed by atoms with E-state index in [9.17, 15) is 9.59 Å². The Morgan fingerprint density at radius 1 is 1.00 bits per heavy atom. The minimum absolute atomic E-state index is 0.303. The van der Waals surface area contributed by atoms with Crippen LogP contribution < -0.4 is 15.1 Å². The Morgan fingerprint density at radius 3 is 2.47 bits per heavy atom. The summed E-state index contributed by atoms with van der Waals surface area (Å²) in [5, 5.41) is 0.631. The summed E-state index contributed by atoms with van der Waals surface area (Å²) in [6, 6.07) is 14.5. The topological polar surface area (TPSA) is 103 Å². The molecule has 0 radical (unpaired) electrons. The molecule has 2 aliphatic heterocycles. The van der Waals surface area contributed by atoms with Crippen LogP contribution in [0.25, 0.3) is 11.0 Å². The van der Waals surface area contributed by atoms with E-state index in [1.165, 1.54) is 6.07 Å². The van der Waals surface area contributed by atoms with Crippen LogP contribution in [-0.4, -0.2) is 43.5 Å². The quantitative estimate of drug-likeness (QED) is 0.345. The van der Waals surface area contributed by atoms with E-state index in [0.717, 1.165) is 5.56 Å². The smallest absolute Gasteiger partial charge is 0.488 e. The van der Waals surface area contributed by atoms with Crippen LogP contribution in [0.2, 0.25) is 0 Å². The van der Waals surface area contributed by atoms with E-state index in [-0.39, 0.29) is 0 Å². The lowest BCUT2D eigenvalue weighted by atomic mass is 9.86. The van der Waals surface area contributed by atoms with Gasteiger partial charge in [-0.05, 0) is 38.0 Å². The van der Waals surface area contributed by atoms with Gasteiger partial charge in [0, 0.05) is 12.7 Å². The van der Waals surface area contributed by atoms with E-state index >= 15 is 0 Å². The third-order valence-corrected chi connectivity index (χ3v) is 6.85. The summed E-state index contributed by atoms with van der Waals surface area (Å²) in [5.41, 5.74) is 0.556. The molecule has 0 saturated carbocycles. The second-order valence-electron chi connectivity index (χ2n) is 9.11. The molecule has 5 atom stereocenters. The van der Waals surface area contributed by atoms with Gasteiger partial charge in [0.25, 0.3) is 0 Å². The zero-order chi connectivity index (χ0) is 25.4. The van der Waals surface area contributed by atoms with Gasteiger partial charge < -0.3 is 32.8 Å². The number of methoxy groups -OCH3 is 1. The van der Waals surface area contributed by atoms with E-state index in [1.54, 1.807) is 26.2 Å². The fraction of sp³-hybridized carbons (Fsp3) is 0.407. The number of carbonyl (C=O) groups excluding carboxylic acids is 1. The van der Waals surface area contributed by atoms with E-state index in [2.05, 4.69) is 0 Å². The summed E-state index contributed by atoms with van der Waals surface area (Å²) in [5.74, 6) is 0.820. The molecule has 0 unspecified atom stereocenters. The molecule has 3 aromatic rings. The first-order chi connectivity index (χ1) is 17.3. The maximum Gasteiger partial charge on any atom is 0.509 e. The summed E-state index contributed by atoms with van der Waals surface area (Å²) in [6.45, 7) is 5.91. The fourth-order valence-electron chi connectivity index (χ4n) is 4.76. The Balaban J connectivity index is 1.46. The molecule has 2 saturated heterocycles. The van der Waals surface area contributed by atoms with Crippen LogP contribution >= 0.6 is 0 Å². The maximum atomic E-state index is 12.3. The van der Waals surface area contributed by atoms with Gasteiger partial charge in [-0.15, -0.1) is 0 Å². The fourth-order valence-corrected chi connectivity index (χ4v) is 4.76. The Labute approximate surface area is 207 Å². The van der Waals surface area contributed by atoms with Crippen LogP contribution in [0.15, 0.2) is 57.7 Å². The Hall–Kier alpha value is -3.56. The highest BCUT2D eigenvalue weighted by Crippen LogP contribution is 2.41. The van der Waals surface area contributed by atoms with Gasteiger partial charge in [0.2, 0.25) is 12.4 Å². The van der Waals surface area contributed by atoms with E-state index in [1.807, 2.05) is 44.2 Å². The predicted octanol–water partition coefficient (Wildman–Crippen LogP) is 4.50. The van der Waals surface area contributed by atoms with Crippen molar-refractivity contribution in [3.05, 3.63) is 70.1 Å². The lowest BCUT2D eigenvalue weighted by Crippen LogP contribution is -2.63. The summed E-state index contributed by atoms with van der Waals surface area (Å²) in [6.07, 6.45) is -3.23. The number of fused-ring (bicyclic) bond motifs is 2. The van der Waals surface area contributed by atoms with Crippen molar-refractivity contribution < 1.29 is 37.6 Å². The van der Waals surface area contributed by atoms with Gasteiger partial charge in [-0.25, -0.2) is 9.59 Å². The molecular weight excluding hydrogens is 468 g/mol. The normalized spacial score (nSPS) is 27.3. The molecule has 2 aliphatic rings. The standard InChI is InChI=1S/C27H28O9/c1-5-27(3)24(30-4)22-23(35-26(29)34-22)25(36-27)32-18-12-11-17-19(13-20(28)33-21(17)15(18)2)31-14-16-9-7-6-8-10-16/h6-13,22-25H,5,14H2,1-4H3/t22-,23+,24+,25+,27-/m0/s1. The van der Waals surface area contributed by atoms with Gasteiger partial charge in [0.1, 0.15) is 29.8 Å². The molecule has 190 valence electrons. The molecule has 0 aliphatic carbocycles. The number of rotatable bonds is 7. The Kier molecular flexibility index (Phi) is 6.36. The van der Waals surface area contributed by atoms with Crippen LogP contribution in [0.1, 0.15) is 31.4 Å². The first-order valence-corrected chi connectivity index (χ1v) is 11.8. The number of carbonyl (C=O) groups is 1. The highest BCUT2D eigenvalue weighted by Gasteiger charge is 2.59. The van der Waals surface area contributed by atoms with Gasteiger partial charge in [-0.1, -0.05) is 37.3 Å². The molecule has 1 aromatic heterocycles. The highest BCUT2D eigenvalue weighted by molar-refractivity contribution is 5.87. The number of hydrogen-bond donors (Lipinski definition) is 0. The average Bonchev–Trinajstić information content (AvgIpc) is 3.26. The third kappa shape index (κ3) is 4.29. The zero-order valence-corrected chi connectivity index (χ0v) is 20.5. The zero-order valence-electron chi connectivity index (χ0n) is 20.5. The van der Waals surface area contributed by atoms with E-state index < -0.39 is 42.0 Å². The summed E-state index contributed by atoms with van der Waals surface area (Å²) < 4.78 is 40.4. The lowest BCUT2D eigenvalue weighted by molar-refractivity contribution is -0.289. The van der Waals surface area contributed by atoms with Crippen molar-refractivity contribution >= 4 is 17.1 Å². The molecule has 9 heteroatoms. The van der Waals surface area contributed by atoms with Gasteiger partial charge in [-0.3, -0.25) is 0 Å². The van der Waals surface area contributed by atoms with Crippen molar-refractivity contribution in [1.29, 1.82) is 0 Å². The molecule has 3 heterocycles. The highest BCUT2D eigenvalue weighted by atomic mass is 16.8. The first-order valence-electron chi connectivity index (χ1n) is 11.8. The first kappa shape index (κ1) is 24.1. The molecule has 2 aromatic carbocycles. The van der Waals surface area contributed by atoms with Gasteiger partial charge in [0.15, 0.2) is 6.10 Å². The summed E-state index contributed by atoms with van der Waals surface area (Å²) in [7, 11) is 1.54. The monoisotopic (exact) mass is 496 g/mol. The Bertz CT molecular complexity index is 1320. The van der Waals surface area contributed by atoms with Crippen molar-refractivity contribution in [2.45, 2.75) is 64.0 Å². The second-order valence-corrected chi connectivity index (χ2v) is 9.11. The molecule has 5 rings (SSSR count). The number of benzene rings is 2. The molecule has 2 fully saturated rings. The number of ether oxygens (including phenoxy) is 6. The van der Waals surface area contributed by atoms with Crippen molar-refractivity contribution in [1.82, 2.24) is 0 Å². The van der Waals surface area contributed by atoms with E-state index in [4.69, 9.17) is 32.8 Å². The van der Waals surface area contributed by atoms with Crippen LogP contribution in [0, 0.1) is 6.92 Å². The SMILES string of the molecule is CC[C@]1(C)O[C@@H](Oc2ccc3c(OCc4ccccc4)cc(=O)oc3c2C)[C@@H]2OC(=O)O[C@@H]2[C@H]1OC. The van der Waals surface area contributed by atoms with Gasteiger partial charge in [0.05, 0.1) is 17.1 Å². The summed E-state index contributed by atoms with van der Waals surface area (Å²) >= 11 is 0. The molecule has 0 amide bonds. The third-order valence-electron chi connectivity index (χ3n) is 6.85. The molecule has 9 nitrogen and oxygen atoms in total.